The quantitative estimate of drug-likeness (QED) is 0.720. The van der Waals surface area contributed by atoms with Gasteiger partial charge in [-0.05, 0) is 61.6 Å². The number of hydrogen-bond donors (Lipinski definition) is 3. The Morgan fingerprint density at radius 1 is 1.04 bits per heavy atom. The molecule has 148 valence electrons. The van der Waals surface area contributed by atoms with Gasteiger partial charge in [-0.3, -0.25) is 9.59 Å². The van der Waals surface area contributed by atoms with Gasteiger partial charge < -0.3 is 16.4 Å². The zero-order chi connectivity index (χ0) is 18.1. The standard InChI is InChI=1S/C21H29N3O2.ClH/c22-19-16-9-8-15(11-16)18(19)21(26)23-12-13-4-3-7-17(10-13)24-20(25)14-5-1-2-6-14;/h3-4,7,10,14-16,18-19H,1-2,5-6,8-9,11-12,22H2,(H,23,26)(H,24,25);1H. The number of carbonyl (C=O) groups is 2. The third kappa shape index (κ3) is 4.30. The third-order valence-electron chi connectivity index (χ3n) is 6.67. The normalized spacial score (nSPS) is 29.4. The fourth-order valence-corrected chi connectivity index (χ4v) is 5.22. The summed E-state index contributed by atoms with van der Waals surface area (Å²) in [5.74, 6) is 1.33. The molecule has 0 aliphatic heterocycles. The van der Waals surface area contributed by atoms with E-state index in [0.717, 1.165) is 49.8 Å². The van der Waals surface area contributed by atoms with Crippen LogP contribution >= 0.6 is 12.4 Å². The van der Waals surface area contributed by atoms with Crippen LogP contribution in [0.25, 0.3) is 0 Å². The SMILES string of the molecule is Cl.NC1C2CCC(C2)C1C(=O)NCc1cccc(NC(=O)C2CCCC2)c1. The Morgan fingerprint density at radius 2 is 1.78 bits per heavy atom. The van der Waals surface area contributed by atoms with E-state index < -0.39 is 0 Å². The molecule has 2 bridgehead atoms. The molecule has 4 unspecified atom stereocenters. The summed E-state index contributed by atoms with van der Waals surface area (Å²) in [5.41, 5.74) is 8.07. The molecule has 0 aromatic heterocycles. The van der Waals surface area contributed by atoms with Crippen LogP contribution in [0.4, 0.5) is 5.69 Å². The minimum absolute atomic E-state index is 0. The van der Waals surface area contributed by atoms with Crippen molar-refractivity contribution in [2.24, 2.45) is 29.4 Å². The lowest BCUT2D eigenvalue weighted by Crippen LogP contribution is -2.45. The molecule has 5 nitrogen and oxygen atoms in total. The number of amides is 2. The smallest absolute Gasteiger partial charge is 0.227 e. The van der Waals surface area contributed by atoms with Crippen molar-refractivity contribution in [3.8, 4) is 0 Å². The first kappa shape index (κ1) is 20.2. The van der Waals surface area contributed by atoms with Crippen molar-refractivity contribution in [3.05, 3.63) is 29.8 Å². The van der Waals surface area contributed by atoms with Crippen LogP contribution in [-0.4, -0.2) is 17.9 Å². The lowest BCUT2D eigenvalue weighted by atomic mass is 9.84. The third-order valence-corrected chi connectivity index (χ3v) is 6.67. The fourth-order valence-electron chi connectivity index (χ4n) is 5.22. The van der Waals surface area contributed by atoms with E-state index in [4.69, 9.17) is 5.73 Å². The molecule has 6 heteroatoms. The molecule has 4 atom stereocenters. The Balaban J connectivity index is 0.00000210. The van der Waals surface area contributed by atoms with Crippen LogP contribution in [0.1, 0.15) is 50.5 Å². The number of halogens is 1. The van der Waals surface area contributed by atoms with Crippen LogP contribution in [0.5, 0.6) is 0 Å². The van der Waals surface area contributed by atoms with E-state index in [1.807, 2.05) is 24.3 Å². The first-order chi connectivity index (χ1) is 12.6. The lowest BCUT2D eigenvalue weighted by Gasteiger charge is -2.27. The van der Waals surface area contributed by atoms with Crippen molar-refractivity contribution in [2.45, 2.75) is 57.5 Å². The molecule has 2 amide bonds. The summed E-state index contributed by atoms with van der Waals surface area (Å²) < 4.78 is 0. The summed E-state index contributed by atoms with van der Waals surface area (Å²) in [7, 11) is 0. The first-order valence-corrected chi connectivity index (χ1v) is 10.0. The average molecular weight is 392 g/mol. The van der Waals surface area contributed by atoms with Crippen molar-refractivity contribution in [1.29, 1.82) is 0 Å². The number of benzene rings is 1. The highest BCUT2D eigenvalue weighted by atomic mass is 35.5. The number of carbonyl (C=O) groups excluding carboxylic acids is 2. The second kappa shape index (κ2) is 8.61. The molecule has 3 fully saturated rings. The maximum Gasteiger partial charge on any atom is 0.227 e. The predicted molar refractivity (Wildman–Crippen MR) is 108 cm³/mol. The monoisotopic (exact) mass is 391 g/mol. The van der Waals surface area contributed by atoms with Gasteiger partial charge in [0.15, 0.2) is 0 Å². The van der Waals surface area contributed by atoms with Gasteiger partial charge >= 0.3 is 0 Å². The van der Waals surface area contributed by atoms with Crippen LogP contribution in [0, 0.1) is 23.7 Å². The molecule has 4 rings (SSSR count). The molecule has 0 heterocycles. The largest absolute Gasteiger partial charge is 0.352 e. The summed E-state index contributed by atoms with van der Waals surface area (Å²) >= 11 is 0. The van der Waals surface area contributed by atoms with Gasteiger partial charge in [0.05, 0.1) is 5.92 Å². The molecular formula is C21H30ClN3O2. The Morgan fingerprint density at radius 3 is 2.48 bits per heavy atom. The van der Waals surface area contributed by atoms with E-state index in [0.29, 0.717) is 18.4 Å². The van der Waals surface area contributed by atoms with E-state index in [2.05, 4.69) is 10.6 Å². The van der Waals surface area contributed by atoms with Crippen molar-refractivity contribution < 1.29 is 9.59 Å². The highest BCUT2D eigenvalue weighted by Gasteiger charge is 2.48. The van der Waals surface area contributed by atoms with Gasteiger partial charge in [0.1, 0.15) is 0 Å². The van der Waals surface area contributed by atoms with Crippen molar-refractivity contribution in [3.63, 3.8) is 0 Å². The van der Waals surface area contributed by atoms with Crippen LogP contribution in [0.2, 0.25) is 0 Å². The zero-order valence-electron chi connectivity index (χ0n) is 15.7. The number of nitrogens with two attached hydrogens (primary N) is 1. The minimum Gasteiger partial charge on any atom is -0.352 e. The molecule has 1 aromatic carbocycles. The van der Waals surface area contributed by atoms with Crippen molar-refractivity contribution >= 4 is 29.9 Å². The topological polar surface area (TPSA) is 84.2 Å². The predicted octanol–water partition coefficient (Wildman–Crippen LogP) is 3.23. The molecule has 3 saturated carbocycles. The molecule has 27 heavy (non-hydrogen) atoms. The summed E-state index contributed by atoms with van der Waals surface area (Å²) in [4.78, 5) is 24.9. The number of anilines is 1. The Hall–Kier alpha value is -1.59. The Labute approximate surface area is 167 Å². The van der Waals surface area contributed by atoms with Gasteiger partial charge in [-0.2, -0.15) is 0 Å². The molecule has 1 aromatic rings. The van der Waals surface area contributed by atoms with E-state index in [1.54, 1.807) is 0 Å². The summed E-state index contributed by atoms with van der Waals surface area (Å²) in [6.45, 7) is 0.479. The van der Waals surface area contributed by atoms with Gasteiger partial charge in [0.2, 0.25) is 11.8 Å². The van der Waals surface area contributed by atoms with Gasteiger partial charge in [-0.1, -0.05) is 25.0 Å². The summed E-state index contributed by atoms with van der Waals surface area (Å²) in [6.07, 6.45) is 7.71. The maximum atomic E-state index is 12.6. The van der Waals surface area contributed by atoms with Gasteiger partial charge in [0, 0.05) is 24.2 Å². The van der Waals surface area contributed by atoms with E-state index in [-0.39, 0.29) is 42.1 Å². The molecule has 0 saturated heterocycles. The second-order valence-corrected chi connectivity index (χ2v) is 8.33. The number of nitrogens with one attached hydrogen (secondary N) is 2. The van der Waals surface area contributed by atoms with E-state index >= 15 is 0 Å². The number of fused-ring (bicyclic) bond motifs is 2. The molecule has 3 aliphatic rings. The van der Waals surface area contributed by atoms with Crippen LogP contribution in [0.3, 0.4) is 0 Å². The molecule has 0 spiro atoms. The fraction of sp³-hybridized carbons (Fsp3) is 0.619. The van der Waals surface area contributed by atoms with E-state index in [9.17, 15) is 9.59 Å². The average Bonchev–Trinajstić information content (AvgIpc) is 3.37. The summed E-state index contributed by atoms with van der Waals surface area (Å²) in [6, 6.07) is 7.78. The highest BCUT2D eigenvalue weighted by molar-refractivity contribution is 5.92. The highest BCUT2D eigenvalue weighted by Crippen LogP contribution is 2.47. The van der Waals surface area contributed by atoms with Gasteiger partial charge in [-0.15, -0.1) is 12.4 Å². The first-order valence-electron chi connectivity index (χ1n) is 10.0. The maximum absolute atomic E-state index is 12.6. The van der Waals surface area contributed by atoms with Crippen LogP contribution < -0.4 is 16.4 Å². The molecular weight excluding hydrogens is 362 g/mol. The van der Waals surface area contributed by atoms with Crippen LogP contribution in [-0.2, 0) is 16.1 Å². The minimum atomic E-state index is -0.0287. The number of rotatable bonds is 5. The van der Waals surface area contributed by atoms with Crippen LogP contribution in [0.15, 0.2) is 24.3 Å². The molecule has 0 radical (unpaired) electrons. The molecule has 3 aliphatic carbocycles. The van der Waals surface area contributed by atoms with E-state index in [1.165, 1.54) is 6.42 Å². The van der Waals surface area contributed by atoms with Crippen molar-refractivity contribution in [1.82, 2.24) is 5.32 Å². The second-order valence-electron chi connectivity index (χ2n) is 8.33. The van der Waals surface area contributed by atoms with Crippen molar-refractivity contribution in [2.75, 3.05) is 5.32 Å². The Kier molecular flexibility index (Phi) is 6.43. The van der Waals surface area contributed by atoms with Gasteiger partial charge in [-0.25, -0.2) is 0 Å². The van der Waals surface area contributed by atoms with Gasteiger partial charge in [0.25, 0.3) is 0 Å². The number of hydrogen-bond acceptors (Lipinski definition) is 3. The molecule has 4 N–H and O–H groups in total. The summed E-state index contributed by atoms with van der Waals surface area (Å²) in [5, 5.41) is 6.08. The Bertz CT molecular complexity index is 688. The zero-order valence-corrected chi connectivity index (χ0v) is 16.5. The lowest BCUT2D eigenvalue weighted by molar-refractivity contribution is -0.127.